The number of benzene rings is 1. The van der Waals surface area contributed by atoms with Crippen LogP contribution in [0.2, 0.25) is 0 Å². The standard InChI is InChI=1S/C14H20F3N/c1-10-5-6-11(2)12(7-10)13(3,4)8-18-9-14(15,16)17/h5-7,18H,8-9H2,1-4H3. The maximum absolute atomic E-state index is 12.1. The van der Waals surface area contributed by atoms with Gasteiger partial charge in [0.1, 0.15) is 0 Å². The van der Waals surface area contributed by atoms with Gasteiger partial charge in [-0.05, 0) is 25.0 Å². The minimum absolute atomic E-state index is 0.302. The van der Waals surface area contributed by atoms with Crippen LogP contribution in [0.15, 0.2) is 18.2 Å². The molecule has 18 heavy (non-hydrogen) atoms. The molecule has 0 amide bonds. The van der Waals surface area contributed by atoms with Crippen LogP contribution in [0.25, 0.3) is 0 Å². The second-order valence-electron chi connectivity index (χ2n) is 5.42. The quantitative estimate of drug-likeness (QED) is 0.868. The Hall–Kier alpha value is -1.03. The molecule has 0 atom stereocenters. The molecule has 0 saturated heterocycles. The Bertz CT molecular complexity index is 408. The first-order chi connectivity index (χ1) is 8.12. The SMILES string of the molecule is Cc1ccc(C)c(C(C)(C)CNCC(F)(F)F)c1. The Morgan fingerprint density at radius 1 is 1.06 bits per heavy atom. The van der Waals surface area contributed by atoms with Crippen molar-refractivity contribution in [2.24, 2.45) is 0 Å². The molecule has 0 aromatic heterocycles. The van der Waals surface area contributed by atoms with Crippen molar-refractivity contribution in [2.45, 2.75) is 39.3 Å². The molecule has 0 spiro atoms. The van der Waals surface area contributed by atoms with E-state index < -0.39 is 12.7 Å². The predicted octanol–water partition coefficient (Wildman–Crippen LogP) is 3.73. The monoisotopic (exact) mass is 259 g/mol. The number of hydrogen-bond donors (Lipinski definition) is 1. The number of alkyl halides is 3. The maximum Gasteiger partial charge on any atom is 0.401 e. The van der Waals surface area contributed by atoms with Gasteiger partial charge in [0.15, 0.2) is 0 Å². The summed E-state index contributed by atoms with van der Waals surface area (Å²) >= 11 is 0. The van der Waals surface area contributed by atoms with Gasteiger partial charge in [0, 0.05) is 12.0 Å². The molecule has 0 bridgehead atoms. The highest BCUT2D eigenvalue weighted by Gasteiger charge is 2.29. The first-order valence-electron chi connectivity index (χ1n) is 5.97. The number of nitrogens with one attached hydrogen (secondary N) is 1. The normalized spacial score (nSPS) is 12.8. The molecule has 1 aromatic rings. The van der Waals surface area contributed by atoms with Gasteiger partial charge in [-0.3, -0.25) is 0 Å². The van der Waals surface area contributed by atoms with Crippen LogP contribution in [0, 0.1) is 13.8 Å². The summed E-state index contributed by atoms with van der Waals surface area (Å²) in [4.78, 5) is 0. The van der Waals surface area contributed by atoms with Gasteiger partial charge in [-0.2, -0.15) is 13.2 Å². The lowest BCUT2D eigenvalue weighted by atomic mass is 9.81. The summed E-state index contributed by atoms with van der Waals surface area (Å²) in [5.41, 5.74) is 3.01. The molecule has 0 radical (unpaired) electrons. The Balaban J connectivity index is 2.76. The summed E-state index contributed by atoms with van der Waals surface area (Å²) in [5.74, 6) is 0. The van der Waals surface area contributed by atoms with Crippen LogP contribution in [0.4, 0.5) is 13.2 Å². The van der Waals surface area contributed by atoms with Crippen LogP contribution in [-0.4, -0.2) is 19.3 Å². The maximum atomic E-state index is 12.1. The molecule has 4 heteroatoms. The Kier molecular flexibility index (Phi) is 4.43. The summed E-state index contributed by atoms with van der Waals surface area (Å²) < 4.78 is 36.3. The lowest BCUT2D eigenvalue weighted by molar-refractivity contribution is -0.125. The number of hydrogen-bond acceptors (Lipinski definition) is 1. The fraction of sp³-hybridized carbons (Fsp3) is 0.571. The molecule has 1 rings (SSSR count). The van der Waals surface area contributed by atoms with E-state index in [-0.39, 0.29) is 5.41 Å². The third kappa shape index (κ3) is 4.33. The largest absolute Gasteiger partial charge is 0.401 e. The van der Waals surface area contributed by atoms with Gasteiger partial charge >= 0.3 is 6.18 Å². The summed E-state index contributed by atoms with van der Waals surface area (Å²) in [6.45, 7) is 7.25. The molecule has 0 heterocycles. The molecule has 0 aliphatic heterocycles. The molecule has 0 aliphatic rings. The van der Waals surface area contributed by atoms with Crippen LogP contribution in [0.3, 0.4) is 0 Å². The van der Waals surface area contributed by atoms with Crippen molar-refractivity contribution in [3.8, 4) is 0 Å². The molecule has 1 nitrogen and oxygen atoms in total. The third-order valence-electron chi connectivity index (χ3n) is 3.01. The average Bonchev–Trinajstić information content (AvgIpc) is 2.19. The summed E-state index contributed by atoms with van der Waals surface area (Å²) in [6.07, 6.45) is -4.16. The Labute approximate surface area is 106 Å². The van der Waals surface area contributed by atoms with Crippen LogP contribution < -0.4 is 5.32 Å². The van der Waals surface area contributed by atoms with Crippen LogP contribution in [-0.2, 0) is 5.41 Å². The highest BCUT2D eigenvalue weighted by atomic mass is 19.4. The second-order valence-corrected chi connectivity index (χ2v) is 5.42. The Morgan fingerprint density at radius 2 is 1.67 bits per heavy atom. The molecule has 0 unspecified atom stereocenters. The third-order valence-corrected chi connectivity index (χ3v) is 3.01. The van der Waals surface area contributed by atoms with Gasteiger partial charge in [-0.25, -0.2) is 0 Å². The molecule has 0 aliphatic carbocycles. The van der Waals surface area contributed by atoms with Crippen molar-refractivity contribution in [3.05, 3.63) is 34.9 Å². The molecular weight excluding hydrogens is 239 g/mol. The van der Waals surface area contributed by atoms with Gasteiger partial charge in [-0.15, -0.1) is 0 Å². The lowest BCUT2D eigenvalue weighted by Crippen LogP contribution is -2.38. The topological polar surface area (TPSA) is 12.0 Å². The van der Waals surface area contributed by atoms with E-state index in [1.807, 2.05) is 45.9 Å². The van der Waals surface area contributed by atoms with Crippen molar-refractivity contribution in [2.75, 3.05) is 13.1 Å². The van der Waals surface area contributed by atoms with E-state index >= 15 is 0 Å². The van der Waals surface area contributed by atoms with E-state index in [1.54, 1.807) is 0 Å². The van der Waals surface area contributed by atoms with E-state index in [4.69, 9.17) is 0 Å². The number of halogens is 3. The van der Waals surface area contributed by atoms with Crippen molar-refractivity contribution in [3.63, 3.8) is 0 Å². The lowest BCUT2D eigenvalue weighted by Gasteiger charge is -2.28. The zero-order chi connectivity index (χ0) is 14.0. The molecular formula is C14H20F3N. The molecule has 1 N–H and O–H groups in total. The smallest absolute Gasteiger partial charge is 0.308 e. The second kappa shape index (κ2) is 5.31. The van der Waals surface area contributed by atoms with Crippen LogP contribution in [0.5, 0.6) is 0 Å². The fourth-order valence-corrected chi connectivity index (χ4v) is 2.08. The first kappa shape index (κ1) is 15.0. The highest BCUT2D eigenvalue weighted by Crippen LogP contribution is 2.27. The van der Waals surface area contributed by atoms with Gasteiger partial charge < -0.3 is 5.32 Å². The molecule has 102 valence electrons. The van der Waals surface area contributed by atoms with E-state index in [1.165, 1.54) is 0 Å². The van der Waals surface area contributed by atoms with E-state index in [0.29, 0.717) is 6.54 Å². The van der Waals surface area contributed by atoms with Gasteiger partial charge in [0.05, 0.1) is 6.54 Å². The predicted molar refractivity (Wildman–Crippen MR) is 67.9 cm³/mol. The van der Waals surface area contributed by atoms with Gasteiger partial charge in [0.25, 0.3) is 0 Å². The minimum Gasteiger partial charge on any atom is -0.308 e. The van der Waals surface area contributed by atoms with Crippen molar-refractivity contribution in [1.29, 1.82) is 0 Å². The van der Waals surface area contributed by atoms with Crippen LogP contribution in [0.1, 0.15) is 30.5 Å². The number of aryl methyl sites for hydroxylation is 2. The van der Waals surface area contributed by atoms with E-state index in [0.717, 1.165) is 16.7 Å². The van der Waals surface area contributed by atoms with Gasteiger partial charge in [0.2, 0.25) is 0 Å². The highest BCUT2D eigenvalue weighted by molar-refractivity contribution is 5.36. The zero-order valence-electron chi connectivity index (χ0n) is 11.3. The number of rotatable bonds is 4. The van der Waals surface area contributed by atoms with Crippen LogP contribution >= 0.6 is 0 Å². The summed E-state index contributed by atoms with van der Waals surface area (Å²) in [5, 5.41) is 2.49. The van der Waals surface area contributed by atoms with Crippen molar-refractivity contribution < 1.29 is 13.2 Å². The summed E-state index contributed by atoms with van der Waals surface area (Å²) in [6, 6.07) is 6.07. The Morgan fingerprint density at radius 3 is 2.22 bits per heavy atom. The minimum atomic E-state index is -4.16. The van der Waals surface area contributed by atoms with Gasteiger partial charge in [-0.1, -0.05) is 37.6 Å². The molecule has 0 saturated carbocycles. The fourth-order valence-electron chi connectivity index (χ4n) is 2.08. The van der Waals surface area contributed by atoms with E-state index in [2.05, 4.69) is 5.32 Å². The van der Waals surface area contributed by atoms with E-state index in [9.17, 15) is 13.2 Å². The van der Waals surface area contributed by atoms with Crippen molar-refractivity contribution in [1.82, 2.24) is 5.32 Å². The average molecular weight is 259 g/mol. The molecule has 0 fully saturated rings. The van der Waals surface area contributed by atoms with Crippen molar-refractivity contribution >= 4 is 0 Å². The first-order valence-corrected chi connectivity index (χ1v) is 5.97. The molecule has 1 aromatic carbocycles. The summed E-state index contributed by atoms with van der Waals surface area (Å²) in [7, 11) is 0. The zero-order valence-corrected chi connectivity index (χ0v) is 11.3.